The predicted molar refractivity (Wildman–Crippen MR) is 83.4 cm³/mol. The highest BCUT2D eigenvalue weighted by Crippen LogP contribution is 2.29. The summed E-state index contributed by atoms with van der Waals surface area (Å²) in [6, 6.07) is 3.42. The van der Waals surface area contributed by atoms with E-state index in [9.17, 15) is 23.3 Å². The van der Waals surface area contributed by atoms with Crippen molar-refractivity contribution >= 4 is 27.4 Å². The van der Waals surface area contributed by atoms with E-state index in [2.05, 4.69) is 5.32 Å². The summed E-state index contributed by atoms with van der Waals surface area (Å²) >= 11 is 0. The number of sulfonamides is 1. The number of carboxylic acid groups (broad SMARTS) is 1. The van der Waals surface area contributed by atoms with Crippen LogP contribution in [0.4, 0.5) is 11.4 Å². The molecule has 2 rings (SSSR count). The highest BCUT2D eigenvalue weighted by Gasteiger charge is 2.30. The van der Waals surface area contributed by atoms with Gasteiger partial charge in [-0.1, -0.05) is 0 Å². The van der Waals surface area contributed by atoms with Crippen LogP contribution in [0.3, 0.4) is 0 Å². The number of carboxylic acids is 1. The Morgan fingerprint density at radius 3 is 2.62 bits per heavy atom. The number of nitro benzene ring substituents is 1. The molecule has 0 saturated carbocycles. The van der Waals surface area contributed by atoms with Crippen molar-refractivity contribution in [2.45, 2.75) is 11.3 Å². The summed E-state index contributed by atoms with van der Waals surface area (Å²) in [6.45, 7) is 0.795. The normalized spacial score (nSPS) is 15.8. The van der Waals surface area contributed by atoms with Gasteiger partial charge in [0.05, 0.1) is 30.2 Å². The first-order chi connectivity index (χ1) is 11.3. The van der Waals surface area contributed by atoms with E-state index >= 15 is 0 Å². The average molecular weight is 359 g/mol. The Morgan fingerprint density at radius 2 is 2.04 bits per heavy atom. The number of hydrogen-bond acceptors (Lipinski definition) is 7. The van der Waals surface area contributed by atoms with Crippen LogP contribution in [0.5, 0.6) is 0 Å². The molecule has 1 aromatic carbocycles. The van der Waals surface area contributed by atoms with Gasteiger partial charge >= 0.3 is 5.97 Å². The number of nitrogens with one attached hydrogen (secondary N) is 1. The second-order valence-corrected chi connectivity index (χ2v) is 6.93. The fourth-order valence-electron chi connectivity index (χ4n) is 2.21. The van der Waals surface area contributed by atoms with E-state index in [-0.39, 0.29) is 55.5 Å². The van der Waals surface area contributed by atoms with Crippen LogP contribution in [0.25, 0.3) is 0 Å². The third-order valence-corrected chi connectivity index (χ3v) is 5.36. The van der Waals surface area contributed by atoms with E-state index in [4.69, 9.17) is 9.84 Å². The second kappa shape index (κ2) is 7.55. The number of carbonyl (C=O) groups is 1. The van der Waals surface area contributed by atoms with Crippen LogP contribution in [0.15, 0.2) is 23.1 Å². The zero-order chi connectivity index (χ0) is 17.7. The Kier molecular flexibility index (Phi) is 5.70. The lowest BCUT2D eigenvalue weighted by atomic mass is 10.2. The highest BCUT2D eigenvalue weighted by atomic mass is 32.2. The monoisotopic (exact) mass is 359 g/mol. The quantitative estimate of drug-likeness (QED) is 0.530. The first-order valence-corrected chi connectivity index (χ1v) is 8.58. The molecule has 0 unspecified atom stereocenters. The molecule has 0 amide bonds. The molecule has 132 valence electrons. The van der Waals surface area contributed by atoms with Gasteiger partial charge in [-0.15, -0.1) is 0 Å². The van der Waals surface area contributed by atoms with Gasteiger partial charge in [0, 0.05) is 31.8 Å². The van der Waals surface area contributed by atoms with E-state index in [0.29, 0.717) is 0 Å². The molecular weight excluding hydrogens is 342 g/mol. The van der Waals surface area contributed by atoms with Crippen molar-refractivity contribution in [3.63, 3.8) is 0 Å². The van der Waals surface area contributed by atoms with Crippen molar-refractivity contribution in [2.24, 2.45) is 0 Å². The molecule has 0 atom stereocenters. The van der Waals surface area contributed by atoms with Gasteiger partial charge in [-0.2, -0.15) is 4.31 Å². The number of anilines is 1. The van der Waals surface area contributed by atoms with Gasteiger partial charge in [0.1, 0.15) is 4.90 Å². The molecule has 0 aromatic heterocycles. The maximum Gasteiger partial charge on any atom is 0.305 e. The number of nitrogens with zero attached hydrogens (tertiary/aromatic N) is 2. The third kappa shape index (κ3) is 4.19. The number of ether oxygens (including phenoxy) is 1. The summed E-state index contributed by atoms with van der Waals surface area (Å²) in [5.41, 5.74) is -0.223. The van der Waals surface area contributed by atoms with Gasteiger partial charge < -0.3 is 15.2 Å². The molecule has 1 aliphatic heterocycles. The topological polar surface area (TPSA) is 139 Å². The molecule has 0 radical (unpaired) electrons. The smallest absolute Gasteiger partial charge is 0.305 e. The van der Waals surface area contributed by atoms with Gasteiger partial charge in [0.2, 0.25) is 10.0 Å². The van der Waals surface area contributed by atoms with E-state index in [1.165, 1.54) is 16.4 Å². The second-order valence-electron chi connectivity index (χ2n) is 5.02. The summed E-state index contributed by atoms with van der Waals surface area (Å²) < 4.78 is 31.9. The van der Waals surface area contributed by atoms with Gasteiger partial charge in [-0.3, -0.25) is 14.9 Å². The van der Waals surface area contributed by atoms with Gasteiger partial charge in [-0.05, 0) is 6.07 Å². The SMILES string of the molecule is O=C(O)CCNc1ccc([N+](=O)[O-])cc1S(=O)(=O)N1CCOCC1. The van der Waals surface area contributed by atoms with Crippen LogP contribution < -0.4 is 5.32 Å². The van der Waals surface area contributed by atoms with Crippen molar-refractivity contribution in [1.29, 1.82) is 0 Å². The molecule has 1 fully saturated rings. The van der Waals surface area contributed by atoms with Gasteiger partial charge in [0.25, 0.3) is 5.69 Å². The van der Waals surface area contributed by atoms with Crippen molar-refractivity contribution in [1.82, 2.24) is 4.31 Å². The van der Waals surface area contributed by atoms with Crippen LogP contribution in [-0.4, -0.2) is 61.6 Å². The van der Waals surface area contributed by atoms with Crippen LogP contribution >= 0.6 is 0 Å². The molecule has 0 bridgehead atoms. The minimum Gasteiger partial charge on any atom is -0.481 e. The Hall–Kier alpha value is -2.24. The third-order valence-electron chi connectivity index (χ3n) is 3.42. The summed E-state index contributed by atoms with van der Waals surface area (Å²) in [4.78, 5) is 20.6. The molecule has 10 nitrogen and oxygen atoms in total. The standard InChI is InChI=1S/C13H17N3O7S/c17-13(18)3-4-14-11-2-1-10(16(19)20)9-12(11)24(21,22)15-5-7-23-8-6-15/h1-2,9,14H,3-8H2,(H,17,18). The molecular formula is C13H17N3O7S. The number of benzene rings is 1. The molecule has 0 spiro atoms. The van der Waals surface area contributed by atoms with Gasteiger partial charge in [0.15, 0.2) is 0 Å². The van der Waals surface area contributed by atoms with Crippen LogP contribution in [0.2, 0.25) is 0 Å². The average Bonchev–Trinajstić information content (AvgIpc) is 2.55. The summed E-state index contributed by atoms with van der Waals surface area (Å²) in [6.07, 6.45) is -0.214. The first-order valence-electron chi connectivity index (χ1n) is 7.14. The summed E-state index contributed by atoms with van der Waals surface area (Å²) in [7, 11) is -3.96. The van der Waals surface area contributed by atoms with Crippen molar-refractivity contribution in [2.75, 3.05) is 38.2 Å². The fourth-order valence-corrected chi connectivity index (χ4v) is 3.81. The van der Waals surface area contributed by atoms with Crippen molar-refractivity contribution in [3.05, 3.63) is 28.3 Å². The van der Waals surface area contributed by atoms with Crippen molar-refractivity contribution in [3.8, 4) is 0 Å². The number of non-ortho nitro benzene ring substituents is 1. The van der Waals surface area contributed by atoms with Crippen molar-refractivity contribution < 1.29 is 28.0 Å². The molecule has 11 heteroatoms. The summed E-state index contributed by atoms with van der Waals surface area (Å²) in [5, 5.41) is 22.3. The number of aliphatic carboxylic acids is 1. The lowest BCUT2D eigenvalue weighted by Crippen LogP contribution is -2.40. The Bertz CT molecular complexity index is 729. The predicted octanol–water partition coefficient (Wildman–Crippen LogP) is 0.502. The van der Waals surface area contributed by atoms with Crippen LogP contribution in [0.1, 0.15) is 6.42 Å². The Morgan fingerprint density at radius 1 is 1.38 bits per heavy atom. The Labute approximate surface area is 138 Å². The molecule has 24 heavy (non-hydrogen) atoms. The minimum absolute atomic E-state index is 0.00121. The maximum atomic E-state index is 12.8. The summed E-state index contributed by atoms with van der Waals surface area (Å²) in [5.74, 6) is -1.04. The highest BCUT2D eigenvalue weighted by molar-refractivity contribution is 7.89. The maximum absolute atomic E-state index is 12.8. The molecule has 2 N–H and O–H groups in total. The largest absolute Gasteiger partial charge is 0.481 e. The molecule has 1 saturated heterocycles. The van der Waals surface area contributed by atoms with E-state index < -0.39 is 20.9 Å². The van der Waals surface area contributed by atoms with E-state index in [0.717, 1.165) is 6.07 Å². The lowest BCUT2D eigenvalue weighted by molar-refractivity contribution is -0.385. The number of morpholine rings is 1. The fraction of sp³-hybridized carbons (Fsp3) is 0.462. The minimum atomic E-state index is -3.96. The van der Waals surface area contributed by atoms with E-state index in [1.807, 2.05) is 0 Å². The zero-order valence-corrected chi connectivity index (χ0v) is 13.5. The zero-order valence-electron chi connectivity index (χ0n) is 12.7. The molecule has 1 aromatic rings. The first kappa shape index (κ1) is 18.1. The molecule has 1 heterocycles. The van der Waals surface area contributed by atoms with Gasteiger partial charge in [-0.25, -0.2) is 8.42 Å². The number of hydrogen-bond donors (Lipinski definition) is 2. The Balaban J connectivity index is 2.37. The van der Waals surface area contributed by atoms with E-state index in [1.54, 1.807) is 0 Å². The van der Waals surface area contributed by atoms with Crippen LogP contribution in [-0.2, 0) is 19.6 Å². The molecule has 0 aliphatic carbocycles. The van der Waals surface area contributed by atoms with Crippen LogP contribution in [0, 0.1) is 10.1 Å². The number of rotatable bonds is 7. The lowest BCUT2D eigenvalue weighted by Gasteiger charge is -2.27. The molecule has 1 aliphatic rings. The number of nitro groups is 1.